The summed E-state index contributed by atoms with van der Waals surface area (Å²) in [5.74, 6) is 0. The molecule has 0 radical (unpaired) electrons. The number of aryl methyl sites for hydroxylation is 1. The zero-order valence-corrected chi connectivity index (χ0v) is 9.47. The maximum atomic E-state index is 12.6. The molecule has 0 aliphatic heterocycles. The van der Waals surface area contributed by atoms with E-state index in [1.54, 1.807) is 12.1 Å². The lowest BCUT2D eigenvalue weighted by Crippen LogP contribution is -2.07. The number of hydrogen-bond donors (Lipinski definition) is 1. The van der Waals surface area contributed by atoms with E-state index in [0.29, 0.717) is 10.9 Å². The summed E-state index contributed by atoms with van der Waals surface area (Å²) in [6, 6.07) is 6.27. The Morgan fingerprint density at radius 2 is 2.12 bits per heavy atom. The van der Waals surface area contributed by atoms with E-state index in [-0.39, 0.29) is 11.1 Å². The van der Waals surface area contributed by atoms with E-state index >= 15 is 0 Å². The van der Waals surface area contributed by atoms with E-state index in [1.807, 2.05) is 13.0 Å². The molecule has 0 unspecified atom stereocenters. The molecule has 1 N–H and O–H groups in total. The first-order valence-corrected chi connectivity index (χ1v) is 5.56. The number of fused-ring (bicyclic) bond motifs is 1. The van der Waals surface area contributed by atoms with E-state index in [9.17, 15) is 13.6 Å². The highest BCUT2D eigenvalue weighted by Crippen LogP contribution is 2.20. The smallest absolute Gasteiger partial charge is 0.278 e. The second kappa shape index (κ2) is 4.65. The van der Waals surface area contributed by atoms with Crippen molar-refractivity contribution < 1.29 is 8.78 Å². The fraction of sp³-hybridized carbons (Fsp3) is 0.308. The van der Waals surface area contributed by atoms with Gasteiger partial charge in [0.1, 0.15) is 0 Å². The van der Waals surface area contributed by atoms with E-state index in [1.165, 1.54) is 0 Å². The van der Waals surface area contributed by atoms with Crippen LogP contribution >= 0.6 is 0 Å². The third kappa shape index (κ3) is 2.20. The molecular formula is C13H13F2NO. The Hall–Kier alpha value is -1.71. The van der Waals surface area contributed by atoms with Gasteiger partial charge in [0.05, 0.1) is 11.2 Å². The predicted octanol–water partition coefficient (Wildman–Crippen LogP) is 3.42. The van der Waals surface area contributed by atoms with E-state index < -0.39 is 6.43 Å². The van der Waals surface area contributed by atoms with Crippen LogP contribution in [0.15, 0.2) is 29.1 Å². The van der Waals surface area contributed by atoms with Crippen LogP contribution in [0.5, 0.6) is 0 Å². The monoisotopic (exact) mass is 237 g/mol. The van der Waals surface area contributed by atoms with Gasteiger partial charge in [-0.05, 0) is 18.1 Å². The van der Waals surface area contributed by atoms with Crippen molar-refractivity contribution in [3.63, 3.8) is 0 Å². The van der Waals surface area contributed by atoms with Crippen LogP contribution in [-0.2, 0) is 6.42 Å². The molecular weight excluding hydrogens is 224 g/mol. The van der Waals surface area contributed by atoms with Crippen LogP contribution in [0.2, 0.25) is 0 Å². The summed E-state index contributed by atoms with van der Waals surface area (Å²) in [7, 11) is 0. The maximum absolute atomic E-state index is 12.6. The van der Waals surface area contributed by atoms with E-state index in [2.05, 4.69) is 4.98 Å². The molecule has 90 valence electrons. The Labute approximate surface area is 97.3 Å². The molecule has 0 spiro atoms. The summed E-state index contributed by atoms with van der Waals surface area (Å²) in [6.07, 6.45) is -0.984. The van der Waals surface area contributed by atoms with Gasteiger partial charge in [-0.2, -0.15) is 0 Å². The molecule has 0 bridgehead atoms. The van der Waals surface area contributed by atoms with Crippen molar-refractivity contribution in [1.82, 2.24) is 4.98 Å². The first-order chi connectivity index (χ1) is 8.13. The average Bonchev–Trinajstić information content (AvgIpc) is 2.30. The summed E-state index contributed by atoms with van der Waals surface area (Å²) in [6.45, 7) is 2.01. The Kier molecular flexibility index (Phi) is 3.22. The van der Waals surface area contributed by atoms with Gasteiger partial charge >= 0.3 is 0 Å². The minimum atomic E-state index is -2.65. The number of benzene rings is 1. The molecule has 0 atom stereocenters. The normalized spacial score (nSPS) is 11.3. The van der Waals surface area contributed by atoms with Gasteiger partial charge in [0.15, 0.2) is 5.43 Å². The van der Waals surface area contributed by atoms with Crippen LogP contribution in [0, 0.1) is 0 Å². The third-order valence-electron chi connectivity index (χ3n) is 2.73. The molecule has 4 heteroatoms. The zero-order chi connectivity index (χ0) is 12.4. The first kappa shape index (κ1) is 11.8. The Morgan fingerprint density at radius 3 is 2.76 bits per heavy atom. The first-order valence-electron chi connectivity index (χ1n) is 5.56. The number of halogens is 2. The number of aromatic nitrogens is 1. The molecule has 0 saturated heterocycles. The molecule has 17 heavy (non-hydrogen) atoms. The van der Waals surface area contributed by atoms with Gasteiger partial charge < -0.3 is 4.98 Å². The molecule has 1 heterocycles. The fourth-order valence-electron chi connectivity index (χ4n) is 1.95. The SMILES string of the molecule is CCCc1cccc2c(=O)cc(C(F)F)[nH]c12. The number of nitrogens with one attached hydrogen (secondary N) is 1. The summed E-state index contributed by atoms with van der Waals surface area (Å²) < 4.78 is 25.2. The van der Waals surface area contributed by atoms with Crippen molar-refractivity contribution in [2.45, 2.75) is 26.2 Å². The van der Waals surface area contributed by atoms with Crippen molar-refractivity contribution >= 4 is 10.9 Å². The molecule has 2 rings (SSSR count). The molecule has 2 nitrogen and oxygen atoms in total. The topological polar surface area (TPSA) is 32.9 Å². The Bertz CT molecular complexity index is 589. The van der Waals surface area contributed by atoms with Gasteiger partial charge in [0.25, 0.3) is 6.43 Å². The summed E-state index contributed by atoms with van der Waals surface area (Å²) in [5, 5.41) is 0.473. The molecule has 0 fully saturated rings. The Balaban J connectivity index is 2.74. The van der Waals surface area contributed by atoms with Gasteiger partial charge in [-0.15, -0.1) is 0 Å². The highest BCUT2D eigenvalue weighted by molar-refractivity contribution is 5.81. The molecule has 0 amide bonds. The van der Waals surface area contributed by atoms with Crippen molar-refractivity contribution in [3.05, 3.63) is 45.7 Å². The highest BCUT2D eigenvalue weighted by Gasteiger charge is 2.12. The van der Waals surface area contributed by atoms with Crippen molar-refractivity contribution in [2.75, 3.05) is 0 Å². The molecule has 0 saturated carbocycles. The summed E-state index contributed by atoms with van der Waals surface area (Å²) in [4.78, 5) is 14.4. The van der Waals surface area contributed by atoms with Crippen LogP contribution in [0.3, 0.4) is 0 Å². The van der Waals surface area contributed by atoms with E-state index in [4.69, 9.17) is 0 Å². The number of aromatic amines is 1. The summed E-state index contributed by atoms with van der Waals surface area (Å²) in [5.41, 5.74) is 0.778. The second-order valence-electron chi connectivity index (χ2n) is 3.98. The van der Waals surface area contributed by atoms with Crippen LogP contribution in [0.25, 0.3) is 10.9 Å². The van der Waals surface area contributed by atoms with Gasteiger partial charge in [-0.1, -0.05) is 25.5 Å². The quantitative estimate of drug-likeness (QED) is 0.871. The number of alkyl halides is 2. The van der Waals surface area contributed by atoms with Crippen LogP contribution in [0.4, 0.5) is 8.78 Å². The van der Waals surface area contributed by atoms with Gasteiger partial charge in [0.2, 0.25) is 0 Å². The standard InChI is InChI=1S/C13H13F2NO/c1-2-4-8-5-3-6-9-11(17)7-10(13(14)15)16-12(8)9/h3,5-7,13H,2,4H2,1H3,(H,16,17). The lowest BCUT2D eigenvalue weighted by atomic mass is 10.1. The molecule has 0 aliphatic rings. The maximum Gasteiger partial charge on any atom is 0.278 e. The molecule has 1 aromatic carbocycles. The predicted molar refractivity (Wildman–Crippen MR) is 63.5 cm³/mol. The van der Waals surface area contributed by atoms with Crippen molar-refractivity contribution in [2.24, 2.45) is 0 Å². The lowest BCUT2D eigenvalue weighted by Gasteiger charge is -2.07. The second-order valence-corrected chi connectivity index (χ2v) is 3.98. The van der Waals surface area contributed by atoms with Crippen molar-refractivity contribution in [1.29, 1.82) is 0 Å². The minimum Gasteiger partial charge on any atom is -0.353 e. The van der Waals surface area contributed by atoms with Gasteiger partial charge in [0, 0.05) is 11.5 Å². The molecule has 0 aliphatic carbocycles. The number of rotatable bonds is 3. The minimum absolute atomic E-state index is 0.314. The highest BCUT2D eigenvalue weighted by atomic mass is 19.3. The average molecular weight is 237 g/mol. The fourth-order valence-corrected chi connectivity index (χ4v) is 1.95. The van der Waals surface area contributed by atoms with Crippen molar-refractivity contribution in [3.8, 4) is 0 Å². The third-order valence-corrected chi connectivity index (χ3v) is 2.73. The number of pyridine rings is 1. The largest absolute Gasteiger partial charge is 0.353 e. The number of H-pyrrole nitrogens is 1. The Morgan fingerprint density at radius 1 is 1.35 bits per heavy atom. The molecule has 2 aromatic rings. The summed E-state index contributed by atoms with van der Waals surface area (Å²) >= 11 is 0. The number of hydrogen-bond acceptors (Lipinski definition) is 1. The van der Waals surface area contributed by atoms with Gasteiger partial charge in [-0.3, -0.25) is 4.79 Å². The lowest BCUT2D eigenvalue weighted by molar-refractivity contribution is 0.146. The molecule has 1 aromatic heterocycles. The van der Waals surface area contributed by atoms with Crippen LogP contribution < -0.4 is 5.43 Å². The van der Waals surface area contributed by atoms with Crippen LogP contribution in [0.1, 0.15) is 31.0 Å². The number of para-hydroxylation sites is 1. The van der Waals surface area contributed by atoms with Crippen LogP contribution in [-0.4, -0.2) is 4.98 Å². The van der Waals surface area contributed by atoms with Gasteiger partial charge in [-0.25, -0.2) is 8.78 Å². The zero-order valence-electron chi connectivity index (χ0n) is 9.47. The van der Waals surface area contributed by atoms with E-state index in [0.717, 1.165) is 24.5 Å².